The third-order valence-corrected chi connectivity index (χ3v) is 3.94. The zero-order valence-electron chi connectivity index (χ0n) is 11.1. The molecule has 3 N–H and O–H groups in total. The lowest BCUT2D eigenvalue weighted by Crippen LogP contribution is -2.50. The van der Waals surface area contributed by atoms with Gasteiger partial charge in [0.05, 0.1) is 5.60 Å². The van der Waals surface area contributed by atoms with Crippen LogP contribution in [0.25, 0.3) is 0 Å². The molecule has 4 nitrogen and oxygen atoms in total. The Kier molecular flexibility index (Phi) is 4.83. The zero-order chi connectivity index (χ0) is 14.6. The van der Waals surface area contributed by atoms with Crippen molar-refractivity contribution < 1.29 is 14.3 Å². The highest BCUT2D eigenvalue weighted by Crippen LogP contribution is 2.30. The van der Waals surface area contributed by atoms with E-state index in [-0.39, 0.29) is 24.9 Å². The first kappa shape index (κ1) is 15.1. The molecule has 1 fully saturated rings. The largest absolute Gasteiger partial charge is 0.388 e. The molecule has 1 aromatic rings. The standard InChI is InChI=1S/C14H18ClFN2O2/c15-11-3-1-4-12(16)10(11)5-8-17-13(19)18-9-14(20)6-2-7-14/h1,3-4,20H,2,5-9H2,(H2,17,18,19). The summed E-state index contributed by atoms with van der Waals surface area (Å²) >= 11 is 5.89. The molecule has 0 bridgehead atoms. The molecule has 1 saturated carbocycles. The Morgan fingerprint density at radius 3 is 2.75 bits per heavy atom. The number of carbonyl (C=O) groups is 1. The SMILES string of the molecule is O=C(NCCc1c(F)cccc1Cl)NCC1(O)CCC1. The highest BCUT2D eigenvalue weighted by Gasteiger charge is 2.34. The number of amides is 2. The van der Waals surface area contributed by atoms with Gasteiger partial charge in [-0.25, -0.2) is 9.18 Å². The number of benzene rings is 1. The second-order valence-corrected chi connectivity index (χ2v) is 5.54. The van der Waals surface area contributed by atoms with Crippen molar-refractivity contribution in [2.75, 3.05) is 13.1 Å². The Balaban J connectivity index is 1.71. The number of nitrogens with one attached hydrogen (secondary N) is 2. The summed E-state index contributed by atoms with van der Waals surface area (Å²) in [5.41, 5.74) is -0.348. The highest BCUT2D eigenvalue weighted by molar-refractivity contribution is 6.31. The van der Waals surface area contributed by atoms with Gasteiger partial charge in [0.15, 0.2) is 0 Å². The molecule has 0 atom stereocenters. The monoisotopic (exact) mass is 300 g/mol. The molecule has 0 unspecified atom stereocenters. The predicted molar refractivity (Wildman–Crippen MR) is 75.3 cm³/mol. The molecule has 20 heavy (non-hydrogen) atoms. The van der Waals surface area contributed by atoms with Crippen LogP contribution in [0.1, 0.15) is 24.8 Å². The van der Waals surface area contributed by atoms with Gasteiger partial charge in [-0.3, -0.25) is 0 Å². The molecule has 2 amide bonds. The van der Waals surface area contributed by atoms with Crippen LogP contribution in [0.15, 0.2) is 18.2 Å². The summed E-state index contributed by atoms with van der Waals surface area (Å²) in [6.07, 6.45) is 2.75. The predicted octanol–water partition coefficient (Wildman–Crippen LogP) is 2.24. The van der Waals surface area contributed by atoms with Crippen molar-refractivity contribution in [3.63, 3.8) is 0 Å². The lowest BCUT2D eigenvalue weighted by atomic mass is 9.80. The maximum atomic E-state index is 13.5. The third-order valence-electron chi connectivity index (χ3n) is 3.58. The van der Waals surface area contributed by atoms with Crippen LogP contribution in [-0.2, 0) is 6.42 Å². The van der Waals surface area contributed by atoms with Gasteiger partial charge < -0.3 is 15.7 Å². The molecule has 0 spiro atoms. The number of urea groups is 1. The van der Waals surface area contributed by atoms with Crippen molar-refractivity contribution in [3.8, 4) is 0 Å². The van der Waals surface area contributed by atoms with Crippen molar-refractivity contribution >= 4 is 17.6 Å². The van der Waals surface area contributed by atoms with E-state index in [0.717, 1.165) is 19.3 Å². The van der Waals surface area contributed by atoms with Crippen LogP contribution < -0.4 is 10.6 Å². The smallest absolute Gasteiger partial charge is 0.314 e. The molecule has 6 heteroatoms. The number of aliphatic hydroxyl groups is 1. The van der Waals surface area contributed by atoms with Crippen LogP contribution in [0.5, 0.6) is 0 Å². The van der Waals surface area contributed by atoms with E-state index in [1.807, 2.05) is 0 Å². The minimum absolute atomic E-state index is 0.249. The molecule has 0 heterocycles. The van der Waals surface area contributed by atoms with E-state index in [2.05, 4.69) is 10.6 Å². The van der Waals surface area contributed by atoms with Crippen LogP contribution in [0.4, 0.5) is 9.18 Å². The van der Waals surface area contributed by atoms with Crippen molar-refractivity contribution in [1.82, 2.24) is 10.6 Å². The molecule has 1 aliphatic carbocycles. The summed E-state index contributed by atoms with van der Waals surface area (Å²) in [6, 6.07) is 4.14. The quantitative estimate of drug-likeness (QED) is 0.781. The van der Waals surface area contributed by atoms with E-state index in [0.29, 0.717) is 17.0 Å². The van der Waals surface area contributed by atoms with E-state index in [9.17, 15) is 14.3 Å². The van der Waals surface area contributed by atoms with Gasteiger partial charge in [-0.1, -0.05) is 17.7 Å². The van der Waals surface area contributed by atoms with E-state index >= 15 is 0 Å². The van der Waals surface area contributed by atoms with E-state index in [1.54, 1.807) is 12.1 Å². The van der Waals surface area contributed by atoms with Crippen LogP contribution in [0, 0.1) is 5.82 Å². The fourth-order valence-corrected chi connectivity index (χ4v) is 2.40. The first-order chi connectivity index (χ1) is 9.50. The Morgan fingerprint density at radius 2 is 2.15 bits per heavy atom. The molecule has 1 aromatic carbocycles. The first-order valence-corrected chi connectivity index (χ1v) is 7.05. The van der Waals surface area contributed by atoms with E-state index in [1.165, 1.54) is 6.07 Å². The first-order valence-electron chi connectivity index (χ1n) is 6.67. The molecule has 1 aliphatic rings. The average Bonchev–Trinajstić information content (AvgIpc) is 2.37. The molecule has 110 valence electrons. The zero-order valence-corrected chi connectivity index (χ0v) is 11.8. The summed E-state index contributed by atoms with van der Waals surface area (Å²) in [7, 11) is 0. The Bertz CT molecular complexity index is 472. The Morgan fingerprint density at radius 1 is 1.40 bits per heavy atom. The number of carbonyl (C=O) groups excluding carboxylic acids is 1. The van der Waals surface area contributed by atoms with Gasteiger partial charge in [0.2, 0.25) is 0 Å². The van der Waals surface area contributed by atoms with Gasteiger partial charge >= 0.3 is 6.03 Å². The summed E-state index contributed by atoms with van der Waals surface area (Å²) in [6.45, 7) is 0.532. The van der Waals surface area contributed by atoms with Crippen molar-refractivity contribution in [2.45, 2.75) is 31.3 Å². The lowest BCUT2D eigenvalue weighted by Gasteiger charge is -2.36. The van der Waals surface area contributed by atoms with Crippen LogP contribution in [-0.4, -0.2) is 29.8 Å². The topological polar surface area (TPSA) is 61.4 Å². The normalized spacial score (nSPS) is 16.4. The Hall–Kier alpha value is -1.33. The lowest BCUT2D eigenvalue weighted by molar-refractivity contribution is -0.0290. The number of hydrogen-bond acceptors (Lipinski definition) is 2. The number of halogens is 2. The maximum absolute atomic E-state index is 13.5. The molecule has 0 radical (unpaired) electrons. The van der Waals surface area contributed by atoms with Gasteiger partial charge in [-0.2, -0.15) is 0 Å². The fraction of sp³-hybridized carbons (Fsp3) is 0.500. The van der Waals surface area contributed by atoms with Gasteiger partial charge in [-0.15, -0.1) is 0 Å². The molecule has 0 aliphatic heterocycles. The molecule has 0 saturated heterocycles. The number of rotatable bonds is 5. The van der Waals surface area contributed by atoms with Crippen molar-refractivity contribution in [1.29, 1.82) is 0 Å². The summed E-state index contributed by atoms with van der Waals surface area (Å²) in [5.74, 6) is -0.372. The van der Waals surface area contributed by atoms with Gasteiger partial charge in [0.1, 0.15) is 5.82 Å². The van der Waals surface area contributed by atoms with Gasteiger partial charge in [0, 0.05) is 23.7 Å². The molecular weight excluding hydrogens is 283 g/mol. The second kappa shape index (κ2) is 6.41. The Labute approximate surface area is 122 Å². The fourth-order valence-electron chi connectivity index (χ4n) is 2.14. The molecular formula is C14H18ClFN2O2. The summed E-state index contributed by atoms with van der Waals surface area (Å²) in [5, 5.41) is 15.4. The van der Waals surface area contributed by atoms with E-state index < -0.39 is 5.60 Å². The van der Waals surface area contributed by atoms with Crippen LogP contribution in [0.3, 0.4) is 0 Å². The number of hydrogen-bond donors (Lipinski definition) is 3. The van der Waals surface area contributed by atoms with Crippen molar-refractivity contribution in [2.24, 2.45) is 0 Å². The van der Waals surface area contributed by atoms with Gasteiger partial charge in [0.25, 0.3) is 0 Å². The van der Waals surface area contributed by atoms with Crippen LogP contribution >= 0.6 is 11.6 Å². The molecule has 0 aromatic heterocycles. The minimum atomic E-state index is -0.744. The molecule has 2 rings (SSSR count). The maximum Gasteiger partial charge on any atom is 0.314 e. The van der Waals surface area contributed by atoms with Gasteiger partial charge in [-0.05, 0) is 37.8 Å². The summed E-state index contributed by atoms with van der Waals surface area (Å²) in [4.78, 5) is 11.5. The average molecular weight is 301 g/mol. The van der Waals surface area contributed by atoms with Crippen molar-refractivity contribution in [3.05, 3.63) is 34.6 Å². The minimum Gasteiger partial charge on any atom is -0.388 e. The van der Waals surface area contributed by atoms with E-state index in [4.69, 9.17) is 11.6 Å². The third kappa shape index (κ3) is 3.84. The van der Waals surface area contributed by atoms with Crippen LogP contribution in [0.2, 0.25) is 5.02 Å². The highest BCUT2D eigenvalue weighted by atomic mass is 35.5. The summed E-state index contributed by atoms with van der Waals surface area (Å²) < 4.78 is 13.5. The second-order valence-electron chi connectivity index (χ2n) is 5.14.